The first kappa shape index (κ1) is 15.5. The molecule has 0 spiro atoms. The average Bonchev–Trinajstić information content (AvgIpc) is 2.18. The van der Waals surface area contributed by atoms with Crippen molar-refractivity contribution in [3.05, 3.63) is 0 Å². The van der Waals surface area contributed by atoms with E-state index in [4.69, 9.17) is 0 Å². The standard InChI is InChI=1S/C15H30N2O/c1-11-6-7-13(12(2)10-11)16-9-8-14(18)17-15(3,4)5/h11-13,16H,6-10H2,1-5H3,(H,17,18). The Kier molecular flexibility index (Phi) is 5.64. The molecule has 1 amide bonds. The van der Waals surface area contributed by atoms with Crippen molar-refractivity contribution < 1.29 is 4.79 Å². The molecule has 3 nitrogen and oxygen atoms in total. The van der Waals surface area contributed by atoms with Gasteiger partial charge >= 0.3 is 0 Å². The van der Waals surface area contributed by atoms with Gasteiger partial charge in [0.1, 0.15) is 0 Å². The monoisotopic (exact) mass is 254 g/mol. The van der Waals surface area contributed by atoms with E-state index in [1.165, 1.54) is 19.3 Å². The lowest BCUT2D eigenvalue weighted by Crippen LogP contribution is -2.44. The SMILES string of the molecule is CC1CCC(NCCC(=O)NC(C)(C)C)C(C)C1. The van der Waals surface area contributed by atoms with Crippen molar-refractivity contribution in [2.75, 3.05) is 6.54 Å². The minimum Gasteiger partial charge on any atom is -0.351 e. The number of carbonyl (C=O) groups is 1. The Morgan fingerprint density at radius 3 is 2.44 bits per heavy atom. The zero-order chi connectivity index (χ0) is 13.8. The molecule has 0 aromatic carbocycles. The van der Waals surface area contributed by atoms with E-state index in [-0.39, 0.29) is 11.4 Å². The van der Waals surface area contributed by atoms with Crippen LogP contribution in [0.25, 0.3) is 0 Å². The molecular weight excluding hydrogens is 224 g/mol. The van der Waals surface area contributed by atoms with Crippen LogP contribution in [0.4, 0.5) is 0 Å². The number of nitrogens with one attached hydrogen (secondary N) is 2. The molecule has 3 heteroatoms. The Balaban J connectivity index is 2.19. The van der Waals surface area contributed by atoms with Crippen molar-refractivity contribution >= 4 is 5.91 Å². The fraction of sp³-hybridized carbons (Fsp3) is 0.933. The quantitative estimate of drug-likeness (QED) is 0.810. The minimum atomic E-state index is -0.120. The van der Waals surface area contributed by atoms with Gasteiger partial charge in [-0.2, -0.15) is 0 Å². The largest absolute Gasteiger partial charge is 0.351 e. The molecule has 0 radical (unpaired) electrons. The third-order valence-electron chi connectivity index (χ3n) is 3.70. The minimum absolute atomic E-state index is 0.120. The van der Waals surface area contributed by atoms with E-state index in [1.54, 1.807) is 0 Å². The average molecular weight is 254 g/mol. The third-order valence-corrected chi connectivity index (χ3v) is 3.70. The van der Waals surface area contributed by atoms with Crippen molar-refractivity contribution in [3.8, 4) is 0 Å². The summed E-state index contributed by atoms with van der Waals surface area (Å²) in [4.78, 5) is 11.7. The van der Waals surface area contributed by atoms with Gasteiger partial charge in [-0.15, -0.1) is 0 Å². The highest BCUT2D eigenvalue weighted by Gasteiger charge is 2.24. The van der Waals surface area contributed by atoms with Gasteiger partial charge in [0.15, 0.2) is 0 Å². The highest BCUT2D eigenvalue weighted by molar-refractivity contribution is 5.76. The smallest absolute Gasteiger partial charge is 0.221 e. The Morgan fingerprint density at radius 2 is 1.89 bits per heavy atom. The molecule has 1 aliphatic carbocycles. The molecule has 2 N–H and O–H groups in total. The second kappa shape index (κ2) is 6.55. The summed E-state index contributed by atoms with van der Waals surface area (Å²) >= 11 is 0. The van der Waals surface area contributed by atoms with Gasteiger partial charge in [-0.3, -0.25) is 4.79 Å². The van der Waals surface area contributed by atoms with Crippen LogP contribution in [-0.2, 0) is 4.79 Å². The van der Waals surface area contributed by atoms with Crippen LogP contribution in [0.3, 0.4) is 0 Å². The van der Waals surface area contributed by atoms with Crippen LogP contribution >= 0.6 is 0 Å². The van der Waals surface area contributed by atoms with Gasteiger partial charge in [-0.1, -0.05) is 13.8 Å². The Bertz CT molecular complexity index is 270. The van der Waals surface area contributed by atoms with Gasteiger partial charge in [0.25, 0.3) is 0 Å². The van der Waals surface area contributed by atoms with E-state index in [0.29, 0.717) is 12.5 Å². The lowest BCUT2D eigenvalue weighted by Gasteiger charge is -2.33. The van der Waals surface area contributed by atoms with Crippen LogP contribution in [0, 0.1) is 11.8 Å². The molecule has 3 atom stereocenters. The Hall–Kier alpha value is -0.570. The first-order valence-electron chi connectivity index (χ1n) is 7.32. The molecule has 0 saturated heterocycles. The molecule has 1 saturated carbocycles. The van der Waals surface area contributed by atoms with Crippen LogP contribution < -0.4 is 10.6 Å². The van der Waals surface area contributed by atoms with E-state index in [1.807, 2.05) is 20.8 Å². The summed E-state index contributed by atoms with van der Waals surface area (Å²) in [6, 6.07) is 0.601. The second-order valence-electron chi connectivity index (χ2n) is 7.00. The normalized spacial score (nSPS) is 29.1. The lowest BCUT2D eigenvalue weighted by molar-refractivity contribution is -0.122. The van der Waals surface area contributed by atoms with Gasteiger partial charge in [-0.05, 0) is 51.9 Å². The van der Waals surface area contributed by atoms with Crippen molar-refractivity contribution in [1.82, 2.24) is 10.6 Å². The summed E-state index contributed by atoms with van der Waals surface area (Å²) in [6.07, 6.45) is 4.46. The van der Waals surface area contributed by atoms with E-state index < -0.39 is 0 Å². The highest BCUT2D eigenvalue weighted by Crippen LogP contribution is 2.28. The van der Waals surface area contributed by atoms with Gasteiger partial charge in [0.2, 0.25) is 5.91 Å². The molecule has 0 heterocycles. The molecule has 106 valence electrons. The maximum atomic E-state index is 11.7. The summed E-state index contributed by atoms with van der Waals surface area (Å²) in [5, 5.41) is 6.54. The van der Waals surface area contributed by atoms with Crippen LogP contribution in [0.15, 0.2) is 0 Å². The summed E-state index contributed by atoms with van der Waals surface area (Å²) in [6.45, 7) is 11.5. The molecule has 0 aromatic rings. The number of carbonyl (C=O) groups excluding carboxylic acids is 1. The fourth-order valence-electron chi connectivity index (χ4n) is 2.82. The van der Waals surface area contributed by atoms with E-state index in [2.05, 4.69) is 24.5 Å². The first-order valence-corrected chi connectivity index (χ1v) is 7.32. The first-order chi connectivity index (χ1) is 8.28. The maximum Gasteiger partial charge on any atom is 0.221 e. The van der Waals surface area contributed by atoms with Gasteiger partial charge < -0.3 is 10.6 Å². The van der Waals surface area contributed by atoms with Crippen molar-refractivity contribution in [1.29, 1.82) is 0 Å². The molecule has 0 aliphatic heterocycles. The number of hydrogen-bond donors (Lipinski definition) is 2. The molecular formula is C15H30N2O. The third kappa shape index (κ3) is 5.85. The van der Waals surface area contributed by atoms with Crippen molar-refractivity contribution in [2.45, 2.75) is 71.9 Å². The summed E-state index contributed by atoms with van der Waals surface area (Å²) in [5.74, 6) is 1.74. The zero-order valence-electron chi connectivity index (χ0n) is 12.7. The number of rotatable bonds is 4. The summed E-state index contributed by atoms with van der Waals surface area (Å²) in [5.41, 5.74) is -0.120. The van der Waals surface area contributed by atoms with Gasteiger partial charge in [0.05, 0.1) is 0 Å². The molecule has 1 aliphatic rings. The van der Waals surface area contributed by atoms with Crippen LogP contribution in [0.5, 0.6) is 0 Å². The molecule has 0 aromatic heterocycles. The fourth-order valence-corrected chi connectivity index (χ4v) is 2.82. The topological polar surface area (TPSA) is 41.1 Å². The van der Waals surface area contributed by atoms with E-state index in [9.17, 15) is 4.79 Å². The van der Waals surface area contributed by atoms with Crippen LogP contribution in [-0.4, -0.2) is 24.0 Å². The molecule has 0 bridgehead atoms. The molecule has 1 rings (SSSR count). The van der Waals surface area contributed by atoms with Crippen LogP contribution in [0.1, 0.15) is 60.3 Å². The molecule has 3 unspecified atom stereocenters. The van der Waals surface area contributed by atoms with E-state index >= 15 is 0 Å². The van der Waals surface area contributed by atoms with Crippen molar-refractivity contribution in [3.63, 3.8) is 0 Å². The summed E-state index contributed by atoms with van der Waals surface area (Å²) < 4.78 is 0. The Morgan fingerprint density at radius 1 is 1.22 bits per heavy atom. The highest BCUT2D eigenvalue weighted by atomic mass is 16.1. The lowest BCUT2D eigenvalue weighted by atomic mass is 9.80. The predicted molar refractivity (Wildman–Crippen MR) is 76.5 cm³/mol. The van der Waals surface area contributed by atoms with Crippen molar-refractivity contribution in [2.24, 2.45) is 11.8 Å². The maximum absolute atomic E-state index is 11.7. The predicted octanol–water partition coefficient (Wildman–Crippen LogP) is 2.71. The number of hydrogen-bond acceptors (Lipinski definition) is 2. The number of amides is 1. The zero-order valence-corrected chi connectivity index (χ0v) is 12.7. The van der Waals surface area contributed by atoms with E-state index in [0.717, 1.165) is 18.4 Å². The van der Waals surface area contributed by atoms with Gasteiger partial charge in [-0.25, -0.2) is 0 Å². The molecule has 1 fully saturated rings. The molecule has 18 heavy (non-hydrogen) atoms. The second-order valence-corrected chi connectivity index (χ2v) is 7.00. The van der Waals surface area contributed by atoms with Crippen LogP contribution in [0.2, 0.25) is 0 Å². The van der Waals surface area contributed by atoms with Gasteiger partial charge in [0, 0.05) is 24.5 Å². The Labute approximate surface area is 112 Å². The summed E-state index contributed by atoms with van der Waals surface area (Å²) in [7, 11) is 0.